The van der Waals surface area contributed by atoms with Gasteiger partial charge in [-0.1, -0.05) is 48.5 Å². The molecule has 2 aromatic carbocycles. The number of carbonyl (C=O) groups excluding carboxylic acids is 6. The van der Waals surface area contributed by atoms with Crippen molar-refractivity contribution < 1.29 is 28.8 Å². The zero-order chi connectivity index (χ0) is 39.7. The number of fused-ring (bicyclic) bond motifs is 1. The maximum absolute atomic E-state index is 13.9. The maximum atomic E-state index is 13.9. The molecule has 6 atom stereocenters. The Morgan fingerprint density at radius 2 is 1.45 bits per heavy atom. The second-order valence-electron chi connectivity index (χ2n) is 13.3. The molecule has 294 valence electrons. The van der Waals surface area contributed by atoms with E-state index in [-0.39, 0.29) is 31.4 Å². The van der Waals surface area contributed by atoms with E-state index in [2.05, 4.69) is 54.2 Å². The van der Waals surface area contributed by atoms with E-state index in [1.165, 1.54) is 19.4 Å². The molecule has 2 aromatic heterocycles. The summed E-state index contributed by atoms with van der Waals surface area (Å²) in [7, 11) is 0. The predicted molar refractivity (Wildman–Crippen MR) is 211 cm³/mol. The van der Waals surface area contributed by atoms with E-state index in [1.807, 2.05) is 30.3 Å². The highest BCUT2D eigenvalue weighted by molar-refractivity contribution is 7.80. The van der Waals surface area contributed by atoms with Gasteiger partial charge in [-0.05, 0) is 49.9 Å². The summed E-state index contributed by atoms with van der Waals surface area (Å²) in [5, 5.41) is 14.3. The second kappa shape index (κ2) is 21.4. The van der Waals surface area contributed by atoms with Crippen LogP contribution in [0.1, 0.15) is 43.0 Å². The van der Waals surface area contributed by atoms with Crippen molar-refractivity contribution in [3.63, 3.8) is 0 Å². The number of rotatable bonds is 22. The Kier molecular flexibility index (Phi) is 16.4. The molecule has 0 bridgehead atoms. The van der Waals surface area contributed by atoms with Crippen LogP contribution >= 0.6 is 12.6 Å². The molecule has 0 unspecified atom stereocenters. The molecule has 55 heavy (non-hydrogen) atoms. The number of nitrogens with zero attached hydrogens (tertiary/aromatic N) is 1. The number of imidazole rings is 1. The van der Waals surface area contributed by atoms with Gasteiger partial charge in [0.15, 0.2) is 0 Å². The van der Waals surface area contributed by atoms with Crippen LogP contribution < -0.4 is 38.1 Å². The summed E-state index contributed by atoms with van der Waals surface area (Å²) in [4.78, 5) is 89.0. The number of aromatic amines is 2. The van der Waals surface area contributed by atoms with Crippen LogP contribution in [0, 0.1) is 0 Å². The van der Waals surface area contributed by atoms with Crippen molar-refractivity contribution in [3.8, 4) is 0 Å². The molecule has 0 radical (unpaired) electrons. The number of para-hydroxylation sites is 1. The maximum Gasteiger partial charge on any atom is 0.244 e. The lowest BCUT2D eigenvalue weighted by Crippen LogP contribution is -2.59. The monoisotopic (exact) mass is 774 g/mol. The zero-order valence-corrected chi connectivity index (χ0v) is 31.5. The van der Waals surface area contributed by atoms with E-state index >= 15 is 0 Å². The summed E-state index contributed by atoms with van der Waals surface area (Å²) >= 11 is 4.24. The van der Waals surface area contributed by atoms with E-state index in [9.17, 15) is 28.8 Å². The summed E-state index contributed by atoms with van der Waals surface area (Å²) in [6, 6.07) is 10.3. The highest BCUT2D eigenvalue weighted by Crippen LogP contribution is 2.19. The number of aldehydes is 1. The van der Waals surface area contributed by atoms with Crippen LogP contribution in [0.2, 0.25) is 0 Å². The van der Waals surface area contributed by atoms with Crippen molar-refractivity contribution in [1.82, 2.24) is 41.5 Å². The lowest BCUT2D eigenvalue weighted by atomic mass is 10.0. The molecule has 0 aliphatic carbocycles. The Hall–Kier alpha value is -5.52. The first kappa shape index (κ1) is 42.2. The molecule has 0 saturated carbocycles. The number of aromatic nitrogens is 3. The number of benzene rings is 2. The summed E-state index contributed by atoms with van der Waals surface area (Å²) in [5.41, 5.74) is 14.9. The van der Waals surface area contributed by atoms with Gasteiger partial charge in [-0.15, -0.1) is 0 Å². The van der Waals surface area contributed by atoms with Crippen molar-refractivity contribution in [2.24, 2.45) is 11.5 Å². The lowest BCUT2D eigenvalue weighted by Gasteiger charge is -2.26. The number of nitrogens with one attached hydrogen (secondary N) is 7. The summed E-state index contributed by atoms with van der Waals surface area (Å²) < 4.78 is 0. The largest absolute Gasteiger partial charge is 0.361 e. The van der Waals surface area contributed by atoms with Gasteiger partial charge in [0.1, 0.15) is 30.5 Å². The molecular weight excluding hydrogens is 725 g/mol. The number of H-pyrrole nitrogens is 2. The molecule has 4 rings (SSSR count). The van der Waals surface area contributed by atoms with Crippen LogP contribution in [-0.2, 0) is 48.0 Å². The van der Waals surface area contributed by atoms with Crippen molar-refractivity contribution in [1.29, 1.82) is 0 Å². The van der Waals surface area contributed by atoms with E-state index in [4.69, 9.17) is 11.5 Å². The van der Waals surface area contributed by atoms with Crippen molar-refractivity contribution in [2.45, 2.75) is 81.7 Å². The van der Waals surface area contributed by atoms with Crippen LogP contribution in [0.15, 0.2) is 73.3 Å². The third-order valence-corrected chi connectivity index (χ3v) is 9.37. The fraction of sp³-hybridized carbons (Fsp3) is 0.395. The molecule has 0 fully saturated rings. The Morgan fingerprint density at radius 3 is 2.15 bits per heavy atom. The average molecular weight is 775 g/mol. The molecule has 0 aliphatic heterocycles. The van der Waals surface area contributed by atoms with Gasteiger partial charge in [0.25, 0.3) is 0 Å². The molecule has 0 aliphatic rings. The SMILES string of the molecule is C[C@H](NC(=O)[C@H](Cc1ccccc1)NC(=O)[C@H](CCCCN)NC(=O)[C@H](CS)NC(=O)[C@@H](N)Cc1cnc[nH]1)C(=O)N[C@H](C=O)Cc1c[nH]c2ccccc12. The molecule has 5 amide bonds. The van der Waals surface area contributed by atoms with Gasteiger partial charge >= 0.3 is 0 Å². The second-order valence-corrected chi connectivity index (χ2v) is 13.6. The quantitative estimate of drug-likeness (QED) is 0.0291. The number of unbranched alkanes of at least 4 members (excludes halogenated alkanes) is 1. The minimum atomic E-state index is -1.16. The van der Waals surface area contributed by atoms with Gasteiger partial charge in [-0.25, -0.2) is 4.98 Å². The number of thiol groups is 1. The van der Waals surface area contributed by atoms with Gasteiger partial charge in [-0.2, -0.15) is 12.6 Å². The normalized spacial score (nSPS) is 14.4. The summed E-state index contributed by atoms with van der Waals surface area (Å²) in [6.07, 6.45) is 7.12. The highest BCUT2D eigenvalue weighted by Gasteiger charge is 2.31. The minimum absolute atomic E-state index is 0.0668. The number of carbonyl (C=O) groups is 6. The third kappa shape index (κ3) is 12.8. The van der Waals surface area contributed by atoms with Gasteiger partial charge in [0, 0.05) is 54.0 Å². The smallest absolute Gasteiger partial charge is 0.244 e. The molecule has 11 N–H and O–H groups in total. The van der Waals surface area contributed by atoms with Gasteiger partial charge in [0.2, 0.25) is 29.5 Å². The van der Waals surface area contributed by atoms with E-state index in [0.29, 0.717) is 31.4 Å². The lowest BCUT2D eigenvalue weighted by molar-refractivity contribution is -0.134. The average Bonchev–Trinajstić information content (AvgIpc) is 3.86. The standard InChI is InChI=1S/C38H50N10O6S/c1-23(34(50)45-27(20-49)16-25-18-42-30-12-6-5-11-28(25)30)44-37(53)32(15-24-9-3-2-4-10-24)47-36(52)31(13-7-8-14-39)46-38(54)33(21-55)48-35(51)29(40)17-26-19-41-22-43-26/h2-6,9-12,18-20,22-23,27,29,31-33,42,55H,7-8,13-17,21,39-40H2,1H3,(H,41,43)(H,44,53)(H,45,50)(H,46,54)(H,47,52)(H,48,51)/t23-,27-,29-,31-,32-,33-/m0/s1. The number of hydrogen-bond acceptors (Lipinski definition) is 10. The summed E-state index contributed by atoms with van der Waals surface area (Å²) in [5.74, 6) is -3.25. The van der Waals surface area contributed by atoms with Gasteiger partial charge < -0.3 is 52.8 Å². The van der Waals surface area contributed by atoms with Crippen molar-refractivity contribution in [2.75, 3.05) is 12.3 Å². The number of amides is 5. The van der Waals surface area contributed by atoms with Crippen molar-refractivity contribution >= 4 is 59.4 Å². The number of nitrogens with two attached hydrogens (primary N) is 2. The number of hydrogen-bond donors (Lipinski definition) is 10. The Balaban J connectivity index is 1.42. The Bertz CT molecular complexity index is 1870. The summed E-state index contributed by atoms with van der Waals surface area (Å²) in [6.45, 7) is 1.84. The van der Waals surface area contributed by atoms with Crippen LogP contribution in [0.5, 0.6) is 0 Å². The fourth-order valence-corrected chi connectivity index (χ4v) is 6.18. The van der Waals surface area contributed by atoms with Gasteiger partial charge in [-0.3, -0.25) is 24.0 Å². The fourth-order valence-electron chi connectivity index (χ4n) is 5.92. The van der Waals surface area contributed by atoms with Crippen LogP contribution in [0.25, 0.3) is 10.9 Å². The van der Waals surface area contributed by atoms with E-state index in [1.54, 1.807) is 30.5 Å². The molecule has 2 heterocycles. The molecule has 17 heteroatoms. The van der Waals surface area contributed by atoms with Crippen molar-refractivity contribution in [3.05, 3.63) is 90.1 Å². The molecular formula is C38H50N10O6S. The Labute approximate surface area is 324 Å². The first-order valence-electron chi connectivity index (χ1n) is 18.1. The minimum Gasteiger partial charge on any atom is -0.361 e. The van der Waals surface area contributed by atoms with Crippen LogP contribution in [0.4, 0.5) is 0 Å². The van der Waals surface area contributed by atoms with E-state index < -0.39 is 65.8 Å². The molecule has 0 spiro atoms. The molecule has 16 nitrogen and oxygen atoms in total. The molecule has 4 aromatic rings. The zero-order valence-electron chi connectivity index (χ0n) is 30.6. The first-order valence-corrected chi connectivity index (χ1v) is 18.8. The molecule has 0 saturated heterocycles. The van der Waals surface area contributed by atoms with E-state index in [0.717, 1.165) is 22.0 Å². The van der Waals surface area contributed by atoms with Crippen LogP contribution in [0.3, 0.4) is 0 Å². The Morgan fingerprint density at radius 1 is 0.782 bits per heavy atom. The predicted octanol–water partition coefficient (Wildman–Crippen LogP) is -0.0522. The van der Waals surface area contributed by atoms with Gasteiger partial charge in [0.05, 0.1) is 18.4 Å². The van der Waals surface area contributed by atoms with Crippen LogP contribution in [-0.4, -0.2) is 99.3 Å². The topological polar surface area (TPSA) is 259 Å². The highest BCUT2D eigenvalue weighted by atomic mass is 32.1. The third-order valence-electron chi connectivity index (χ3n) is 9.00. The first-order chi connectivity index (χ1) is 26.5.